The number of nitrogens with zero attached hydrogens (tertiary/aromatic N) is 2. The molecule has 0 unspecified atom stereocenters. The standard InChI is InChI=1S/C13H23N3O2/c1-5-13(6-8-14-9-7-13)11-15-10(16-18-11)12(2,3)17-4/h14H,5-9H2,1-4H3. The van der Waals surface area contributed by atoms with E-state index in [0.29, 0.717) is 5.82 Å². The van der Waals surface area contributed by atoms with E-state index in [0.717, 1.165) is 38.2 Å². The third-order valence-corrected chi connectivity index (χ3v) is 4.17. The third-order valence-electron chi connectivity index (χ3n) is 4.17. The van der Waals surface area contributed by atoms with Gasteiger partial charge in [0.2, 0.25) is 11.7 Å². The molecule has 0 amide bonds. The lowest BCUT2D eigenvalue weighted by Gasteiger charge is -2.33. The molecule has 0 aliphatic carbocycles. The summed E-state index contributed by atoms with van der Waals surface area (Å²) < 4.78 is 10.9. The molecule has 102 valence electrons. The van der Waals surface area contributed by atoms with E-state index >= 15 is 0 Å². The predicted octanol–water partition coefficient (Wildman–Crippen LogP) is 1.98. The van der Waals surface area contributed by atoms with Crippen LogP contribution >= 0.6 is 0 Å². The highest BCUT2D eigenvalue weighted by Crippen LogP contribution is 2.36. The molecular weight excluding hydrogens is 230 g/mol. The van der Waals surface area contributed by atoms with Crippen LogP contribution in [0.4, 0.5) is 0 Å². The van der Waals surface area contributed by atoms with Gasteiger partial charge in [0.05, 0.1) is 5.41 Å². The fourth-order valence-electron chi connectivity index (χ4n) is 2.40. The van der Waals surface area contributed by atoms with Crippen molar-refractivity contribution in [1.29, 1.82) is 0 Å². The first-order chi connectivity index (χ1) is 8.54. The number of rotatable bonds is 4. The highest BCUT2D eigenvalue weighted by molar-refractivity contribution is 5.09. The van der Waals surface area contributed by atoms with E-state index in [-0.39, 0.29) is 5.41 Å². The first kappa shape index (κ1) is 13.5. The maximum atomic E-state index is 5.52. The molecule has 1 aliphatic rings. The van der Waals surface area contributed by atoms with Crippen LogP contribution in [0.15, 0.2) is 4.52 Å². The van der Waals surface area contributed by atoms with Crippen molar-refractivity contribution in [2.75, 3.05) is 20.2 Å². The number of ether oxygens (including phenoxy) is 1. The van der Waals surface area contributed by atoms with Crippen molar-refractivity contribution in [2.45, 2.75) is 51.0 Å². The molecule has 5 heteroatoms. The highest BCUT2D eigenvalue weighted by atomic mass is 16.5. The predicted molar refractivity (Wildman–Crippen MR) is 68.4 cm³/mol. The molecule has 0 radical (unpaired) electrons. The van der Waals surface area contributed by atoms with Crippen molar-refractivity contribution < 1.29 is 9.26 Å². The molecule has 0 saturated carbocycles. The normalized spacial score (nSPS) is 20.0. The Balaban J connectivity index is 2.28. The molecule has 2 heterocycles. The van der Waals surface area contributed by atoms with Gasteiger partial charge >= 0.3 is 0 Å². The maximum absolute atomic E-state index is 5.52. The molecule has 0 aromatic carbocycles. The summed E-state index contributed by atoms with van der Waals surface area (Å²) in [5.41, 5.74) is -0.454. The summed E-state index contributed by atoms with van der Waals surface area (Å²) in [6.45, 7) is 8.11. The molecule has 0 atom stereocenters. The fourth-order valence-corrected chi connectivity index (χ4v) is 2.40. The van der Waals surface area contributed by atoms with Gasteiger partial charge < -0.3 is 14.6 Å². The summed E-state index contributed by atoms with van der Waals surface area (Å²) in [4.78, 5) is 4.59. The second kappa shape index (κ2) is 4.97. The van der Waals surface area contributed by atoms with E-state index in [1.165, 1.54) is 0 Å². The topological polar surface area (TPSA) is 60.2 Å². The van der Waals surface area contributed by atoms with Gasteiger partial charge in [-0.05, 0) is 46.2 Å². The number of aromatic nitrogens is 2. The number of hydrogen-bond donors (Lipinski definition) is 1. The summed E-state index contributed by atoms with van der Waals surface area (Å²) >= 11 is 0. The van der Waals surface area contributed by atoms with Crippen molar-refractivity contribution in [2.24, 2.45) is 0 Å². The molecular formula is C13H23N3O2. The van der Waals surface area contributed by atoms with Crippen molar-refractivity contribution >= 4 is 0 Å². The minimum atomic E-state index is -0.496. The smallest absolute Gasteiger partial charge is 0.233 e. The van der Waals surface area contributed by atoms with Gasteiger partial charge in [0.25, 0.3) is 0 Å². The quantitative estimate of drug-likeness (QED) is 0.889. The van der Waals surface area contributed by atoms with Crippen LogP contribution in [0.3, 0.4) is 0 Å². The van der Waals surface area contributed by atoms with Crippen LogP contribution in [0.1, 0.15) is 51.7 Å². The maximum Gasteiger partial charge on any atom is 0.233 e. The first-order valence-electron chi connectivity index (χ1n) is 6.64. The zero-order valence-electron chi connectivity index (χ0n) is 11.7. The molecule has 18 heavy (non-hydrogen) atoms. The van der Waals surface area contributed by atoms with Crippen LogP contribution in [0.2, 0.25) is 0 Å². The summed E-state index contributed by atoms with van der Waals surface area (Å²) in [6, 6.07) is 0. The van der Waals surface area contributed by atoms with Gasteiger partial charge in [0.1, 0.15) is 5.60 Å². The van der Waals surface area contributed by atoms with Crippen LogP contribution in [0, 0.1) is 0 Å². The molecule has 1 saturated heterocycles. The minimum absolute atomic E-state index is 0.0420. The highest BCUT2D eigenvalue weighted by Gasteiger charge is 2.39. The van der Waals surface area contributed by atoms with Gasteiger partial charge in [-0.1, -0.05) is 12.1 Å². The van der Waals surface area contributed by atoms with Crippen molar-refractivity contribution in [1.82, 2.24) is 15.5 Å². The Morgan fingerprint density at radius 2 is 2.06 bits per heavy atom. The summed E-state index contributed by atoms with van der Waals surface area (Å²) in [7, 11) is 1.66. The SMILES string of the molecule is CCC1(c2nc(C(C)(C)OC)no2)CCNCC1. The molecule has 5 nitrogen and oxygen atoms in total. The van der Waals surface area contributed by atoms with E-state index in [2.05, 4.69) is 22.4 Å². The molecule has 2 rings (SSSR count). The van der Waals surface area contributed by atoms with Gasteiger partial charge in [-0.2, -0.15) is 4.98 Å². The van der Waals surface area contributed by atoms with Crippen LogP contribution in [0.5, 0.6) is 0 Å². The molecule has 1 aliphatic heterocycles. The Labute approximate surface area is 108 Å². The Hall–Kier alpha value is -0.940. The van der Waals surface area contributed by atoms with E-state index in [4.69, 9.17) is 9.26 Å². The van der Waals surface area contributed by atoms with Gasteiger partial charge in [0.15, 0.2) is 0 Å². The lowest BCUT2D eigenvalue weighted by atomic mass is 9.76. The average Bonchev–Trinajstić information content (AvgIpc) is 2.90. The second-order valence-electron chi connectivity index (χ2n) is 5.52. The van der Waals surface area contributed by atoms with E-state index in [1.807, 2.05) is 13.8 Å². The summed E-state index contributed by atoms with van der Waals surface area (Å²) in [6.07, 6.45) is 3.14. The largest absolute Gasteiger partial charge is 0.371 e. The first-order valence-corrected chi connectivity index (χ1v) is 6.64. The summed E-state index contributed by atoms with van der Waals surface area (Å²) in [5.74, 6) is 1.40. The Bertz CT molecular complexity index is 395. The van der Waals surface area contributed by atoms with Crippen molar-refractivity contribution in [3.05, 3.63) is 11.7 Å². The van der Waals surface area contributed by atoms with Crippen LogP contribution < -0.4 is 5.32 Å². The van der Waals surface area contributed by atoms with Crippen molar-refractivity contribution in [3.63, 3.8) is 0 Å². The number of nitrogens with one attached hydrogen (secondary N) is 1. The van der Waals surface area contributed by atoms with E-state index in [9.17, 15) is 0 Å². The Kier molecular flexibility index (Phi) is 3.73. The minimum Gasteiger partial charge on any atom is -0.371 e. The lowest BCUT2D eigenvalue weighted by Crippen LogP contribution is -2.39. The second-order valence-corrected chi connectivity index (χ2v) is 5.52. The van der Waals surface area contributed by atoms with Gasteiger partial charge in [-0.15, -0.1) is 0 Å². The van der Waals surface area contributed by atoms with E-state index in [1.54, 1.807) is 7.11 Å². The van der Waals surface area contributed by atoms with Gasteiger partial charge in [-0.25, -0.2) is 0 Å². The number of methoxy groups -OCH3 is 1. The fraction of sp³-hybridized carbons (Fsp3) is 0.846. The molecule has 1 aromatic heterocycles. The molecule has 1 N–H and O–H groups in total. The monoisotopic (exact) mass is 253 g/mol. The molecule has 0 spiro atoms. The Morgan fingerprint density at radius 3 is 2.61 bits per heavy atom. The molecule has 0 bridgehead atoms. The van der Waals surface area contributed by atoms with Crippen LogP contribution in [-0.2, 0) is 15.8 Å². The zero-order chi connectivity index (χ0) is 13.2. The number of hydrogen-bond acceptors (Lipinski definition) is 5. The van der Waals surface area contributed by atoms with Crippen molar-refractivity contribution in [3.8, 4) is 0 Å². The summed E-state index contributed by atoms with van der Waals surface area (Å²) in [5, 5.41) is 7.47. The van der Waals surface area contributed by atoms with Crippen LogP contribution in [-0.4, -0.2) is 30.3 Å². The number of piperidine rings is 1. The molecule has 1 aromatic rings. The zero-order valence-corrected chi connectivity index (χ0v) is 11.7. The lowest BCUT2D eigenvalue weighted by molar-refractivity contribution is 0.00973. The Morgan fingerprint density at radius 1 is 1.39 bits per heavy atom. The van der Waals surface area contributed by atoms with E-state index < -0.39 is 5.60 Å². The van der Waals surface area contributed by atoms with Crippen LogP contribution in [0.25, 0.3) is 0 Å². The third kappa shape index (κ3) is 2.29. The van der Waals surface area contributed by atoms with Gasteiger partial charge in [-0.3, -0.25) is 0 Å². The molecule has 1 fully saturated rings. The average molecular weight is 253 g/mol. The van der Waals surface area contributed by atoms with Gasteiger partial charge in [0, 0.05) is 7.11 Å².